The van der Waals surface area contributed by atoms with Gasteiger partial charge >= 0.3 is 0 Å². The van der Waals surface area contributed by atoms with Gasteiger partial charge in [0, 0.05) is 10.2 Å². The van der Waals surface area contributed by atoms with Crippen molar-refractivity contribution >= 4 is 48.9 Å². The number of sulfonamides is 1. The second kappa shape index (κ2) is 5.87. The third-order valence-corrected chi connectivity index (χ3v) is 6.13. The highest BCUT2D eigenvalue weighted by Gasteiger charge is 2.21. The maximum atomic E-state index is 12.5. The molecule has 0 heterocycles. The van der Waals surface area contributed by atoms with Gasteiger partial charge in [0.2, 0.25) is 0 Å². The summed E-state index contributed by atoms with van der Waals surface area (Å²) in [5.41, 5.74) is 8.17. The lowest BCUT2D eigenvalue weighted by molar-refractivity contribution is 0.601. The van der Waals surface area contributed by atoms with Crippen LogP contribution in [0.5, 0.6) is 0 Å². The predicted molar refractivity (Wildman–Crippen MR) is 90.3 cm³/mol. The first kappa shape index (κ1) is 16.1. The topological polar surface area (TPSA) is 72.2 Å². The van der Waals surface area contributed by atoms with Gasteiger partial charge < -0.3 is 5.73 Å². The van der Waals surface area contributed by atoms with E-state index in [0.29, 0.717) is 5.69 Å². The zero-order chi connectivity index (χ0) is 15.8. The molecule has 0 spiro atoms. The van der Waals surface area contributed by atoms with E-state index < -0.39 is 10.0 Å². The molecule has 0 atom stereocenters. The molecule has 0 saturated heterocycles. The number of anilines is 2. The van der Waals surface area contributed by atoms with Crippen LogP contribution in [0.3, 0.4) is 0 Å². The standard InChI is InChI=1S/C14H14BrClN2O2S/c1-8-6-10(7-9(2)13(8)15)18-21(19,20)14-11(16)4-3-5-12(14)17/h3-7,18H,17H2,1-2H3. The van der Waals surface area contributed by atoms with E-state index in [1.165, 1.54) is 12.1 Å². The largest absolute Gasteiger partial charge is 0.398 e. The monoisotopic (exact) mass is 388 g/mol. The minimum absolute atomic E-state index is 0.0908. The maximum absolute atomic E-state index is 12.5. The summed E-state index contributed by atoms with van der Waals surface area (Å²) in [6, 6.07) is 8.07. The molecule has 0 aliphatic heterocycles. The molecule has 2 aromatic rings. The van der Waals surface area contributed by atoms with Gasteiger partial charge in [-0.2, -0.15) is 0 Å². The third kappa shape index (κ3) is 3.33. The molecule has 21 heavy (non-hydrogen) atoms. The van der Waals surface area contributed by atoms with Gasteiger partial charge in [0.25, 0.3) is 10.0 Å². The Kier molecular flexibility index (Phi) is 4.51. The number of benzene rings is 2. The highest BCUT2D eigenvalue weighted by molar-refractivity contribution is 9.10. The van der Waals surface area contributed by atoms with E-state index in [2.05, 4.69) is 20.7 Å². The average molecular weight is 390 g/mol. The average Bonchev–Trinajstić information content (AvgIpc) is 2.34. The van der Waals surface area contributed by atoms with E-state index in [1.807, 2.05) is 13.8 Å². The van der Waals surface area contributed by atoms with Gasteiger partial charge in [-0.3, -0.25) is 4.72 Å². The summed E-state index contributed by atoms with van der Waals surface area (Å²) in [7, 11) is -3.84. The van der Waals surface area contributed by atoms with Crippen LogP contribution in [0.15, 0.2) is 39.7 Å². The van der Waals surface area contributed by atoms with Gasteiger partial charge in [0.15, 0.2) is 0 Å². The number of rotatable bonds is 3. The molecular weight excluding hydrogens is 376 g/mol. The van der Waals surface area contributed by atoms with Crippen LogP contribution in [-0.2, 0) is 10.0 Å². The number of nitrogens with one attached hydrogen (secondary N) is 1. The molecule has 0 aliphatic carbocycles. The first-order valence-corrected chi connectivity index (χ1v) is 8.71. The lowest BCUT2D eigenvalue weighted by Gasteiger charge is -2.13. The van der Waals surface area contributed by atoms with Crippen molar-refractivity contribution in [3.8, 4) is 0 Å². The van der Waals surface area contributed by atoms with E-state index in [9.17, 15) is 8.42 Å². The van der Waals surface area contributed by atoms with Crippen molar-refractivity contribution in [1.29, 1.82) is 0 Å². The van der Waals surface area contributed by atoms with Crippen LogP contribution >= 0.6 is 27.5 Å². The summed E-state index contributed by atoms with van der Waals surface area (Å²) in [5, 5.41) is 0.0908. The fourth-order valence-electron chi connectivity index (χ4n) is 2.02. The first-order chi connectivity index (χ1) is 9.72. The minimum Gasteiger partial charge on any atom is -0.398 e. The Morgan fingerprint density at radius 2 is 1.76 bits per heavy atom. The zero-order valence-electron chi connectivity index (χ0n) is 11.4. The lowest BCUT2D eigenvalue weighted by atomic mass is 10.1. The predicted octanol–water partition coefficient (Wildman–Crippen LogP) is 4.10. The molecule has 0 fully saturated rings. The highest BCUT2D eigenvalue weighted by Crippen LogP contribution is 2.31. The van der Waals surface area contributed by atoms with Gasteiger partial charge in [-0.15, -0.1) is 0 Å². The van der Waals surface area contributed by atoms with Crippen LogP contribution in [0.1, 0.15) is 11.1 Å². The Hall–Kier alpha value is -1.24. The SMILES string of the molecule is Cc1cc(NS(=O)(=O)c2c(N)cccc2Cl)cc(C)c1Br. The van der Waals surface area contributed by atoms with Crippen molar-refractivity contribution in [3.63, 3.8) is 0 Å². The molecule has 7 heteroatoms. The minimum atomic E-state index is -3.84. The summed E-state index contributed by atoms with van der Waals surface area (Å²) in [6.45, 7) is 3.78. The molecule has 112 valence electrons. The molecule has 2 rings (SSSR count). The van der Waals surface area contributed by atoms with Gasteiger partial charge in [-0.1, -0.05) is 33.6 Å². The van der Waals surface area contributed by atoms with Crippen molar-refractivity contribution in [2.75, 3.05) is 10.5 Å². The molecular formula is C14H14BrClN2O2S. The number of nitrogen functional groups attached to an aromatic ring is 1. The Morgan fingerprint density at radius 1 is 1.19 bits per heavy atom. The van der Waals surface area contributed by atoms with Gasteiger partial charge in [0.05, 0.1) is 10.7 Å². The Morgan fingerprint density at radius 3 is 2.29 bits per heavy atom. The van der Waals surface area contributed by atoms with E-state index in [0.717, 1.165) is 15.6 Å². The summed E-state index contributed by atoms with van der Waals surface area (Å²) in [5.74, 6) is 0. The molecule has 0 aliphatic rings. The van der Waals surface area contributed by atoms with Crippen LogP contribution in [0, 0.1) is 13.8 Å². The van der Waals surface area contributed by atoms with Crippen molar-refractivity contribution in [3.05, 3.63) is 51.0 Å². The molecule has 0 radical (unpaired) electrons. The first-order valence-electron chi connectivity index (χ1n) is 6.06. The third-order valence-electron chi connectivity index (χ3n) is 2.95. The number of halogens is 2. The molecule has 0 bridgehead atoms. The Bertz CT molecular complexity index is 763. The molecule has 2 aromatic carbocycles. The lowest BCUT2D eigenvalue weighted by Crippen LogP contribution is -2.15. The number of nitrogens with two attached hydrogens (primary N) is 1. The highest BCUT2D eigenvalue weighted by atomic mass is 79.9. The molecule has 0 amide bonds. The summed E-state index contributed by atoms with van der Waals surface area (Å²) >= 11 is 9.40. The smallest absolute Gasteiger partial charge is 0.265 e. The van der Waals surface area contributed by atoms with E-state index in [1.54, 1.807) is 18.2 Å². The quantitative estimate of drug-likeness (QED) is 0.776. The summed E-state index contributed by atoms with van der Waals surface area (Å²) < 4.78 is 28.4. The normalized spacial score (nSPS) is 11.4. The van der Waals surface area contributed by atoms with Crippen molar-refractivity contribution < 1.29 is 8.42 Å². The fraction of sp³-hybridized carbons (Fsp3) is 0.143. The van der Waals surface area contributed by atoms with Crippen molar-refractivity contribution in [2.45, 2.75) is 18.7 Å². The number of hydrogen-bond acceptors (Lipinski definition) is 3. The van der Waals surface area contributed by atoms with E-state index >= 15 is 0 Å². The van der Waals surface area contributed by atoms with Crippen LogP contribution in [-0.4, -0.2) is 8.42 Å². The summed E-state index contributed by atoms with van der Waals surface area (Å²) in [4.78, 5) is -0.107. The number of aryl methyl sites for hydroxylation is 2. The van der Waals surface area contributed by atoms with Crippen LogP contribution in [0.2, 0.25) is 5.02 Å². The molecule has 4 nitrogen and oxygen atoms in total. The van der Waals surface area contributed by atoms with Crippen LogP contribution in [0.25, 0.3) is 0 Å². The Labute approximate surface area is 137 Å². The molecule has 0 unspecified atom stereocenters. The number of hydrogen-bond donors (Lipinski definition) is 2. The molecule has 3 N–H and O–H groups in total. The Balaban J connectivity index is 2.48. The van der Waals surface area contributed by atoms with Crippen molar-refractivity contribution in [2.24, 2.45) is 0 Å². The summed E-state index contributed by atoms with van der Waals surface area (Å²) in [6.07, 6.45) is 0. The van der Waals surface area contributed by atoms with E-state index in [4.69, 9.17) is 17.3 Å². The van der Waals surface area contributed by atoms with Crippen molar-refractivity contribution in [1.82, 2.24) is 0 Å². The van der Waals surface area contributed by atoms with Crippen LogP contribution in [0.4, 0.5) is 11.4 Å². The van der Waals surface area contributed by atoms with Gasteiger partial charge in [0.1, 0.15) is 4.90 Å². The van der Waals surface area contributed by atoms with E-state index in [-0.39, 0.29) is 15.6 Å². The van der Waals surface area contributed by atoms with Gasteiger partial charge in [-0.25, -0.2) is 8.42 Å². The zero-order valence-corrected chi connectivity index (χ0v) is 14.6. The molecule has 0 saturated carbocycles. The fourth-order valence-corrected chi connectivity index (χ4v) is 3.97. The second-order valence-corrected chi connectivity index (χ2v) is 7.51. The second-order valence-electron chi connectivity index (χ2n) is 4.69. The van der Waals surface area contributed by atoms with Gasteiger partial charge in [-0.05, 0) is 49.2 Å². The molecule has 0 aromatic heterocycles. The van der Waals surface area contributed by atoms with Crippen LogP contribution < -0.4 is 10.5 Å². The maximum Gasteiger partial charge on any atom is 0.265 e.